The zero-order chi connectivity index (χ0) is 25.7. The van der Waals surface area contributed by atoms with Gasteiger partial charge in [-0.2, -0.15) is 0 Å². The van der Waals surface area contributed by atoms with E-state index in [1.54, 1.807) is 26.4 Å². The molecular formula is C29H35N3O4. The quantitative estimate of drug-likeness (QED) is 0.474. The van der Waals surface area contributed by atoms with E-state index in [0.29, 0.717) is 19.0 Å². The van der Waals surface area contributed by atoms with Gasteiger partial charge in [-0.3, -0.25) is 14.4 Å². The molecule has 190 valence electrons. The highest BCUT2D eigenvalue weighted by Crippen LogP contribution is 2.26. The number of nitrogens with zero attached hydrogens (tertiary/aromatic N) is 1. The topological polar surface area (TPSA) is 89.4 Å². The van der Waals surface area contributed by atoms with Crippen molar-refractivity contribution in [2.24, 2.45) is 5.92 Å². The Morgan fingerprint density at radius 1 is 1.00 bits per heavy atom. The molecule has 1 atom stereocenters. The van der Waals surface area contributed by atoms with Gasteiger partial charge in [-0.05, 0) is 67.1 Å². The van der Waals surface area contributed by atoms with Crippen molar-refractivity contribution >= 4 is 22.6 Å². The third-order valence-electron chi connectivity index (χ3n) is 7.02. The minimum Gasteiger partial charge on any atom is -0.497 e. The van der Waals surface area contributed by atoms with Gasteiger partial charge in [0.1, 0.15) is 16.9 Å². The number of carbonyl (C=O) groups is 2. The van der Waals surface area contributed by atoms with E-state index in [1.165, 1.54) is 19.3 Å². The highest BCUT2D eigenvalue weighted by Gasteiger charge is 2.22. The fraction of sp³-hybridized carbons (Fsp3) is 0.414. The monoisotopic (exact) mass is 489 g/mol. The minimum atomic E-state index is -0.545. The summed E-state index contributed by atoms with van der Waals surface area (Å²) in [5.74, 6) is 0.334. The van der Waals surface area contributed by atoms with Crippen molar-refractivity contribution in [1.29, 1.82) is 0 Å². The zero-order valence-electron chi connectivity index (χ0n) is 21.3. The van der Waals surface area contributed by atoms with Gasteiger partial charge in [0.05, 0.1) is 13.2 Å². The van der Waals surface area contributed by atoms with E-state index in [-0.39, 0.29) is 17.2 Å². The Morgan fingerprint density at radius 2 is 1.67 bits per heavy atom. The first kappa shape index (κ1) is 25.5. The molecule has 1 aliphatic carbocycles. The average Bonchev–Trinajstić information content (AvgIpc) is 2.89. The number of rotatable bonds is 8. The molecule has 2 aromatic carbocycles. The Bertz CT molecular complexity index is 1310. The maximum atomic E-state index is 13.3. The number of aromatic nitrogens is 1. The Balaban J connectivity index is 1.60. The number of carbonyl (C=O) groups excluding carboxylic acids is 2. The summed E-state index contributed by atoms with van der Waals surface area (Å²) >= 11 is 0. The number of amides is 2. The van der Waals surface area contributed by atoms with E-state index in [1.807, 2.05) is 47.9 Å². The van der Waals surface area contributed by atoms with Gasteiger partial charge in [0.15, 0.2) is 0 Å². The largest absolute Gasteiger partial charge is 0.497 e. The summed E-state index contributed by atoms with van der Waals surface area (Å²) in [5.41, 5.74) is 0.374. The number of nitrogens with one attached hydrogen (secondary N) is 2. The molecule has 1 unspecified atom stereocenters. The van der Waals surface area contributed by atoms with Crippen molar-refractivity contribution in [2.75, 3.05) is 13.7 Å². The lowest BCUT2D eigenvalue weighted by Crippen LogP contribution is -2.36. The van der Waals surface area contributed by atoms with Crippen LogP contribution < -0.4 is 20.8 Å². The first-order valence-corrected chi connectivity index (χ1v) is 12.8. The summed E-state index contributed by atoms with van der Waals surface area (Å²) in [4.78, 5) is 39.1. The molecule has 1 saturated carbocycles. The number of pyridine rings is 1. The van der Waals surface area contributed by atoms with Crippen LogP contribution in [0.15, 0.2) is 53.6 Å². The molecular weight excluding hydrogens is 454 g/mol. The normalized spacial score (nSPS) is 14.9. The van der Waals surface area contributed by atoms with Gasteiger partial charge >= 0.3 is 0 Å². The van der Waals surface area contributed by atoms with Crippen LogP contribution in [0.2, 0.25) is 0 Å². The number of methoxy groups -OCH3 is 1. The van der Waals surface area contributed by atoms with Crippen LogP contribution in [0.25, 0.3) is 10.8 Å². The lowest BCUT2D eigenvalue weighted by Gasteiger charge is -2.23. The van der Waals surface area contributed by atoms with E-state index in [9.17, 15) is 14.4 Å². The Hall–Kier alpha value is -3.61. The van der Waals surface area contributed by atoms with Crippen LogP contribution >= 0.6 is 0 Å². The highest BCUT2D eigenvalue weighted by atomic mass is 16.5. The molecule has 0 saturated heterocycles. The number of benzene rings is 2. The van der Waals surface area contributed by atoms with E-state index >= 15 is 0 Å². The maximum absolute atomic E-state index is 13.3. The van der Waals surface area contributed by atoms with Crippen LogP contribution in [-0.4, -0.2) is 30.0 Å². The molecule has 3 aromatic rings. The number of hydrogen-bond donors (Lipinski definition) is 2. The van der Waals surface area contributed by atoms with Crippen molar-refractivity contribution in [3.8, 4) is 5.75 Å². The summed E-state index contributed by atoms with van der Waals surface area (Å²) in [6, 6.07) is 11.5. The van der Waals surface area contributed by atoms with E-state index < -0.39 is 17.2 Å². The van der Waals surface area contributed by atoms with Crippen LogP contribution in [0.5, 0.6) is 5.75 Å². The minimum absolute atomic E-state index is 0.00705. The molecule has 0 radical (unpaired) electrons. The molecule has 4 rings (SSSR count). The molecule has 1 fully saturated rings. The SMILES string of the molecule is CCNC(=O)c1cn(CC2CCCCC2)cc(C(=O)NC(C)c2ccc3cc(OC)ccc3c2)c1=O. The van der Waals surface area contributed by atoms with Crippen molar-refractivity contribution in [2.45, 2.75) is 58.5 Å². The Labute approximate surface area is 211 Å². The Morgan fingerprint density at radius 3 is 2.36 bits per heavy atom. The summed E-state index contributed by atoms with van der Waals surface area (Å²) in [6.45, 7) is 4.78. The van der Waals surface area contributed by atoms with Crippen LogP contribution in [-0.2, 0) is 6.54 Å². The van der Waals surface area contributed by atoms with Gasteiger partial charge in [0.25, 0.3) is 11.8 Å². The molecule has 0 spiro atoms. The molecule has 36 heavy (non-hydrogen) atoms. The van der Waals surface area contributed by atoms with Gasteiger partial charge in [-0.25, -0.2) is 0 Å². The molecule has 7 heteroatoms. The predicted octanol–water partition coefficient (Wildman–Crippen LogP) is 4.83. The first-order chi connectivity index (χ1) is 17.4. The van der Waals surface area contributed by atoms with Crippen LogP contribution in [0, 0.1) is 5.92 Å². The molecule has 1 aliphatic rings. The lowest BCUT2D eigenvalue weighted by atomic mass is 9.89. The lowest BCUT2D eigenvalue weighted by molar-refractivity contribution is 0.0937. The zero-order valence-corrected chi connectivity index (χ0v) is 21.3. The smallest absolute Gasteiger partial charge is 0.257 e. The predicted molar refractivity (Wildman–Crippen MR) is 142 cm³/mol. The van der Waals surface area contributed by atoms with Gasteiger partial charge in [-0.15, -0.1) is 0 Å². The van der Waals surface area contributed by atoms with Crippen molar-refractivity contribution in [1.82, 2.24) is 15.2 Å². The molecule has 1 heterocycles. The molecule has 0 bridgehead atoms. The summed E-state index contributed by atoms with van der Waals surface area (Å²) in [7, 11) is 1.64. The van der Waals surface area contributed by atoms with E-state index in [2.05, 4.69) is 10.6 Å². The molecule has 2 N–H and O–H groups in total. The highest BCUT2D eigenvalue weighted by molar-refractivity contribution is 5.99. The molecule has 2 amide bonds. The standard InChI is InChI=1S/C29H35N3O4/c1-4-30-28(34)25-17-32(16-20-8-6-5-7-9-20)18-26(27(25)33)29(35)31-19(2)21-10-11-23-15-24(36-3)13-12-22(23)14-21/h10-15,17-20H,4-9,16H2,1-3H3,(H,30,34)(H,31,35). The van der Waals surface area contributed by atoms with Gasteiger partial charge in [0.2, 0.25) is 5.43 Å². The van der Waals surface area contributed by atoms with Gasteiger partial charge in [0, 0.05) is 25.5 Å². The number of fused-ring (bicyclic) bond motifs is 1. The fourth-order valence-electron chi connectivity index (χ4n) is 4.98. The van der Waals surface area contributed by atoms with E-state index in [0.717, 1.165) is 34.9 Å². The fourth-order valence-corrected chi connectivity index (χ4v) is 4.98. The second-order valence-corrected chi connectivity index (χ2v) is 9.64. The Kier molecular flexibility index (Phi) is 8.08. The van der Waals surface area contributed by atoms with Crippen molar-refractivity contribution in [3.63, 3.8) is 0 Å². The van der Waals surface area contributed by atoms with Crippen LogP contribution in [0.4, 0.5) is 0 Å². The average molecular weight is 490 g/mol. The molecule has 1 aromatic heterocycles. The molecule has 7 nitrogen and oxygen atoms in total. The summed E-state index contributed by atoms with van der Waals surface area (Å²) in [6.07, 6.45) is 9.08. The first-order valence-electron chi connectivity index (χ1n) is 12.8. The van der Waals surface area contributed by atoms with Crippen LogP contribution in [0.3, 0.4) is 0 Å². The van der Waals surface area contributed by atoms with Gasteiger partial charge in [-0.1, -0.05) is 37.5 Å². The second kappa shape index (κ2) is 11.4. The summed E-state index contributed by atoms with van der Waals surface area (Å²) < 4.78 is 7.15. The number of ether oxygens (including phenoxy) is 1. The third kappa shape index (κ3) is 5.78. The van der Waals surface area contributed by atoms with Crippen LogP contribution in [0.1, 0.15) is 78.3 Å². The third-order valence-corrected chi connectivity index (χ3v) is 7.02. The maximum Gasteiger partial charge on any atom is 0.257 e. The van der Waals surface area contributed by atoms with Crippen molar-refractivity contribution in [3.05, 3.63) is 75.7 Å². The summed E-state index contributed by atoms with van der Waals surface area (Å²) in [5, 5.41) is 7.73. The molecule has 0 aliphatic heterocycles. The van der Waals surface area contributed by atoms with E-state index in [4.69, 9.17) is 4.74 Å². The second-order valence-electron chi connectivity index (χ2n) is 9.64. The van der Waals surface area contributed by atoms with Gasteiger partial charge < -0.3 is 19.9 Å². The number of hydrogen-bond acceptors (Lipinski definition) is 4. The van der Waals surface area contributed by atoms with Crippen molar-refractivity contribution < 1.29 is 14.3 Å².